The van der Waals surface area contributed by atoms with Crippen LogP contribution in [0.2, 0.25) is 0 Å². The summed E-state index contributed by atoms with van der Waals surface area (Å²) >= 11 is 5.99. The number of amides is 4. The molecular formula is C40H61ClN4O13S. The third-order valence-corrected chi connectivity index (χ3v) is 9.18. The first-order chi connectivity index (χ1) is 26.8. The minimum atomic E-state index is -3.94. The van der Waals surface area contributed by atoms with E-state index in [1.54, 1.807) is 106 Å². The average Bonchev–Trinajstić information content (AvgIpc) is 3.04. The van der Waals surface area contributed by atoms with Gasteiger partial charge in [-0.2, -0.15) is 0 Å². The highest BCUT2D eigenvalue weighted by molar-refractivity contribution is 7.96. The average molecular weight is 873 g/mol. The third kappa shape index (κ3) is 22.9. The zero-order chi connectivity index (χ0) is 45.5. The van der Waals surface area contributed by atoms with E-state index in [0.29, 0.717) is 5.56 Å². The predicted octanol–water partition coefficient (Wildman–Crippen LogP) is 4.10. The molecule has 4 N–H and O–H groups in total. The Labute approximate surface area is 352 Å². The second-order valence-electron chi connectivity index (χ2n) is 17.1. The van der Waals surface area contributed by atoms with Gasteiger partial charge in [0.1, 0.15) is 45.9 Å². The summed E-state index contributed by atoms with van der Waals surface area (Å²) in [6.07, 6.45) is -1.21. The minimum Gasteiger partial charge on any atom is -0.460 e. The van der Waals surface area contributed by atoms with Gasteiger partial charge >= 0.3 is 24.0 Å². The van der Waals surface area contributed by atoms with Crippen LogP contribution in [0.1, 0.15) is 107 Å². The van der Waals surface area contributed by atoms with E-state index in [9.17, 15) is 42.0 Å². The molecule has 4 atom stereocenters. The first-order valence-electron chi connectivity index (χ1n) is 19.0. The van der Waals surface area contributed by atoms with Gasteiger partial charge in [-0.3, -0.25) is 28.8 Å². The number of hydrogen-bond donors (Lipinski definition) is 4. The second kappa shape index (κ2) is 22.6. The van der Waals surface area contributed by atoms with Crippen LogP contribution in [0.4, 0.5) is 4.79 Å². The van der Waals surface area contributed by atoms with Gasteiger partial charge in [0.05, 0.1) is 18.9 Å². The summed E-state index contributed by atoms with van der Waals surface area (Å²) in [5, 5.41) is 9.90. The lowest BCUT2D eigenvalue weighted by Crippen LogP contribution is -2.58. The van der Waals surface area contributed by atoms with Crippen molar-refractivity contribution in [3.63, 3.8) is 0 Å². The van der Waals surface area contributed by atoms with Gasteiger partial charge in [-0.05, 0) is 86.3 Å². The van der Waals surface area contributed by atoms with Gasteiger partial charge < -0.3 is 40.2 Å². The SMILES string of the molecule is CC(C)[C@H](NC(=O)[C@H](CCC(=O)OC(C)(C)C)NC(=O)[C@H](CC(=O)OC(C)(C)C)NC(=O)OCc1ccccc1)C(=O)N[C@H](/C=C(\Cl)S(C)(=O)=O)CC(=O)OC(C)(C)C. The van der Waals surface area contributed by atoms with Gasteiger partial charge in [-0.15, -0.1) is 0 Å². The Kier molecular flexibility index (Phi) is 20.0. The molecule has 4 amide bonds. The summed E-state index contributed by atoms with van der Waals surface area (Å²) in [5.74, 6) is -5.84. The summed E-state index contributed by atoms with van der Waals surface area (Å²) in [6, 6.07) is 2.81. The summed E-state index contributed by atoms with van der Waals surface area (Å²) < 4.78 is 44.9. The Balaban J connectivity index is 3.49. The maximum atomic E-state index is 14.0. The molecule has 1 aromatic carbocycles. The molecule has 59 heavy (non-hydrogen) atoms. The lowest BCUT2D eigenvalue weighted by molar-refractivity contribution is -0.157. The summed E-state index contributed by atoms with van der Waals surface area (Å²) in [5.41, 5.74) is -2.10. The van der Waals surface area contributed by atoms with E-state index < -0.39 is 116 Å². The van der Waals surface area contributed by atoms with E-state index in [2.05, 4.69) is 21.3 Å². The van der Waals surface area contributed by atoms with E-state index in [-0.39, 0.29) is 19.4 Å². The van der Waals surface area contributed by atoms with Crippen LogP contribution in [0.3, 0.4) is 0 Å². The molecule has 0 heterocycles. The standard InChI is InChI=1S/C40H61ClN4O13S/c1-24(2)33(36(51)42-26(20-29(41)59(12,53)54)21-31(47)57-39(6,7)8)45-34(49)27(18-19-30(46)56-38(3,4)5)43-35(50)28(22-32(48)58-40(9,10)11)44-37(52)55-23-25-16-14-13-15-17-25/h13-17,20,24,26-28,33H,18-19,21-23H2,1-12H3,(H,42,51)(H,43,50)(H,44,52)(H,45,49)/b29-20+/t26-,27+,28+,33+/m1/s1. The van der Waals surface area contributed by atoms with Crippen LogP contribution in [0.5, 0.6) is 0 Å². The molecule has 0 fully saturated rings. The molecule has 1 aromatic rings. The van der Waals surface area contributed by atoms with Gasteiger partial charge in [-0.1, -0.05) is 55.8 Å². The van der Waals surface area contributed by atoms with Crippen LogP contribution in [0.15, 0.2) is 40.8 Å². The maximum absolute atomic E-state index is 14.0. The number of esters is 3. The first kappa shape index (κ1) is 52.3. The van der Waals surface area contributed by atoms with Crippen LogP contribution in [0, 0.1) is 5.92 Å². The molecule has 17 nitrogen and oxygen atoms in total. The molecule has 0 saturated carbocycles. The van der Waals surface area contributed by atoms with E-state index >= 15 is 0 Å². The van der Waals surface area contributed by atoms with Crippen molar-refractivity contribution < 1.29 is 60.9 Å². The normalized spacial score (nSPS) is 14.4. The van der Waals surface area contributed by atoms with Crippen molar-refractivity contribution in [2.45, 2.75) is 149 Å². The molecule has 0 radical (unpaired) electrons. The van der Waals surface area contributed by atoms with E-state index in [4.69, 9.17) is 30.5 Å². The highest BCUT2D eigenvalue weighted by Gasteiger charge is 2.34. The smallest absolute Gasteiger partial charge is 0.408 e. The quantitative estimate of drug-likeness (QED) is 0.113. The number of carbonyl (C=O) groups excluding carboxylic acids is 7. The van der Waals surface area contributed by atoms with Gasteiger partial charge in [0, 0.05) is 12.7 Å². The van der Waals surface area contributed by atoms with Crippen molar-refractivity contribution >= 4 is 63.2 Å². The van der Waals surface area contributed by atoms with Gasteiger partial charge in [0.25, 0.3) is 0 Å². The number of alkyl carbamates (subject to hydrolysis) is 1. The number of hydrogen-bond acceptors (Lipinski definition) is 13. The summed E-state index contributed by atoms with van der Waals surface area (Å²) in [6.45, 7) is 17.6. The number of sulfone groups is 1. The molecule has 0 unspecified atom stereocenters. The number of carbonyl (C=O) groups is 7. The van der Waals surface area contributed by atoms with Crippen molar-refractivity contribution in [3.8, 4) is 0 Å². The van der Waals surface area contributed by atoms with Crippen molar-refractivity contribution in [1.82, 2.24) is 21.3 Å². The zero-order valence-corrected chi connectivity index (χ0v) is 37.6. The summed E-state index contributed by atoms with van der Waals surface area (Å²) in [4.78, 5) is 92.8. The number of nitrogens with one attached hydrogen (secondary N) is 4. The van der Waals surface area contributed by atoms with Crippen LogP contribution < -0.4 is 21.3 Å². The molecular weight excluding hydrogens is 812 g/mol. The van der Waals surface area contributed by atoms with Crippen molar-refractivity contribution in [3.05, 3.63) is 46.3 Å². The Hall–Kier alpha value is -4.71. The van der Waals surface area contributed by atoms with Gasteiger partial charge in [0.15, 0.2) is 9.84 Å². The number of rotatable bonds is 19. The van der Waals surface area contributed by atoms with Crippen molar-refractivity contribution in [2.75, 3.05) is 6.26 Å². The molecule has 332 valence electrons. The van der Waals surface area contributed by atoms with Crippen LogP contribution in [-0.2, 0) is 64.2 Å². The molecule has 0 aliphatic rings. The molecule has 0 aliphatic carbocycles. The van der Waals surface area contributed by atoms with Crippen LogP contribution in [-0.4, -0.2) is 97.4 Å². The first-order valence-corrected chi connectivity index (χ1v) is 21.2. The highest BCUT2D eigenvalue weighted by Crippen LogP contribution is 2.17. The Morgan fingerprint density at radius 2 is 1.17 bits per heavy atom. The molecule has 0 saturated heterocycles. The van der Waals surface area contributed by atoms with Gasteiger partial charge in [0.2, 0.25) is 17.7 Å². The molecule has 19 heteroatoms. The van der Waals surface area contributed by atoms with E-state index in [0.717, 1.165) is 12.3 Å². The summed E-state index contributed by atoms with van der Waals surface area (Å²) in [7, 11) is -3.94. The van der Waals surface area contributed by atoms with Crippen molar-refractivity contribution in [1.29, 1.82) is 0 Å². The molecule has 0 bridgehead atoms. The second-order valence-corrected chi connectivity index (χ2v) is 19.7. The molecule has 0 spiro atoms. The fraction of sp³-hybridized carbons (Fsp3) is 0.625. The fourth-order valence-corrected chi connectivity index (χ4v) is 5.48. The predicted molar refractivity (Wildman–Crippen MR) is 219 cm³/mol. The van der Waals surface area contributed by atoms with Crippen molar-refractivity contribution in [2.24, 2.45) is 5.92 Å². The van der Waals surface area contributed by atoms with Gasteiger partial charge in [-0.25, -0.2) is 13.2 Å². The monoisotopic (exact) mass is 872 g/mol. The number of halogens is 1. The largest absolute Gasteiger partial charge is 0.460 e. The zero-order valence-electron chi connectivity index (χ0n) is 36.0. The maximum Gasteiger partial charge on any atom is 0.408 e. The van der Waals surface area contributed by atoms with Crippen LogP contribution in [0.25, 0.3) is 0 Å². The minimum absolute atomic E-state index is 0.165. The fourth-order valence-electron chi connectivity index (χ4n) is 4.92. The van der Waals surface area contributed by atoms with E-state index in [1.807, 2.05) is 0 Å². The number of ether oxygens (including phenoxy) is 4. The Morgan fingerprint density at radius 3 is 1.66 bits per heavy atom. The number of benzene rings is 1. The lowest BCUT2D eigenvalue weighted by Gasteiger charge is -2.28. The Bertz CT molecular complexity index is 1780. The third-order valence-electron chi connectivity index (χ3n) is 7.37. The lowest BCUT2D eigenvalue weighted by atomic mass is 10.0. The van der Waals surface area contributed by atoms with Crippen LogP contribution >= 0.6 is 11.6 Å². The highest BCUT2D eigenvalue weighted by atomic mass is 35.5. The molecule has 1 rings (SSSR count). The Morgan fingerprint density at radius 1 is 0.678 bits per heavy atom. The molecule has 0 aliphatic heterocycles. The topological polar surface area (TPSA) is 239 Å². The molecule has 0 aromatic heterocycles. The van der Waals surface area contributed by atoms with E-state index in [1.165, 1.54) is 0 Å².